The first-order chi connectivity index (χ1) is 24.1. The van der Waals surface area contributed by atoms with Gasteiger partial charge in [0.1, 0.15) is 6.33 Å². The van der Waals surface area contributed by atoms with Crippen LogP contribution in [0.2, 0.25) is 0 Å². The first kappa shape index (κ1) is 32.0. The third-order valence-corrected chi connectivity index (χ3v) is 10.0. The van der Waals surface area contributed by atoms with E-state index in [2.05, 4.69) is 20.1 Å². The van der Waals surface area contributed by atoms with Crippen LogP contribution >= 0.6 is 0 Å². The molecule has 4 aromatic carbocycles. The number of fused-ring (bicyclic) bond motifs is 2. The van der Waals surface area contributed by atoms with Crippen LogP contribution in [0.5, 0.6) is 0 Å². The van der Waals surface area contributed by atoms with E-state index in [1.807, 2.05) is 18.2 Å². The van der Waals surface area contributed by atoms with Gasteiger partial charge in [0.05, 0.1) is 33.1 Å². The van der Waals surface area contributed by atoms with Crippen LogP contribution in [0.1, 0.15) is 39.1 Å². The van der Waals surface area contributed by atoms with E-state index in [1.165, 1.54) is 11.0 Å². The smallest absolute Gasteiger partial charge is 0.399 e. The highest BCUT2D eigenvalue weighted by atomic mass is 19.4. The number of hydrogen-bond acceptors (Lipinski definition) is 8. The Hall–Kier alpha value is -5.27. The van der Waals surface area contributed by atoms with E-state index in [9.17, 15) is 27.6 Å². The average Bonchev–Trinajstić information content (AvgIpc) is 3.54. The summed E-state index contributed by atoms with van der Waals surface area (Å²) in [4.78, 5) is 50.6. The monoisotopic (exact) mass is 681 g/mol. The van der Waals surface area contributed by atoms with Gasteiger partial charge < -0.3 is 20.9 Å². The molecule has 2 aromatic heterocycles. The third kappa shape index (κ3) is 5.46. The number of nitrogens with zero attached hydrogens (tertiary/aromatic N) is 5. The van der Waals surface area contributed by atoms with Crippen molar-refractivity contribution in [3.63, 3.8) is 0 Å². The third-order valence-electron chi connectivity index (χ3n) is 10.0. The van der Waals surface area contributed by atoms with Gasteiger partial charge in [-0.25, -0.2) is 4.98 Å². The molecule has 0 atom stereocenters. The molecule has 1 fully saturated rings. The van der Waals surface area contributed by atoms with Gasteiger partial charge in [0, 0.05) is 67.0 Å². The average molecular weight is 682 g/mol. The molecule has 3 N–H and O–H groups in total. The molecule has 8 rings (SSSR count). The molecule has 1 saturated heterocycles. The Balaban J connectivity index is 0.847. The van der Waals surface area contributed by atoms with Crippen LogP contribution in [0.15, 0.2) is 71.8 Å². The maximum Gasteiger partial charge on any atom is 0.416 e. The summed E-state index contributed by atoms with van der Waals surface area (Å²) >= 11 is 0. The molecule has 0 spiro atoms. The molecule has 10 nitrogen and oxygen atoms in total. The first-order valence-corrected chi connectivity index (χ1v) is 16.7. The minimum absolute atomic E-state index is 0.000946. The number of nitrogens with one attached hydrogen (secondary N) is 1. The zero-order valence-corrected chi connectivity index (χ0v) is 27.1. The lowest BCUT2D eigenvalue weighted by molar-refractivity contribution is -0.137. The van der Waals surface area contributed by atoms with E-state index < -0.39 is 17.2 Å². The van der Waals surface area contributed by atoms with E-state index in [4.69, 9.17) is 5.73 Å². The maximum atomic E-state index is 13.6. The highest BCUT2D eigenvalue weighted by Gasteiger charge is 2.33. The second-order valence-corrected chi connectivity index (χ2v) is 13.1. The van der Waals surface area contributed by atoms with Crippen LogP contribution in [0.3, 0.4) is 0 Å². The summed E-state index contributed by atoms with van der Waals surface area (Å²) in [6.07, 6.45) is -1.55. The largest absolute Gasteiger partial charge is 0.416 e. The van der Waals surface area contributed by atoms with Gasteiger partial charge in [-0.2, -0.15) is 13.2 Å². The molecule has 0 unspecified atom stereocenters. The Bertz CT molecular complexity index is 2370. The zero-order chi connectivity index (χ0) is 34.7. The number of halogens is 3. The van der Waals surface area contributed by atoms with Crippen molar-refractivity contribution < 1.29 is 22.8 Å². The normalized spacial score (nSPS) is 16.1. The van der Waals surface area contributed by atoms with Crippen molar-refractivity contribution >= 4 is 61.3 Å². The molecule has 256 valence electrons. The Morgan fingerprint density at radius 1 is 0.800 bits per heavy atom. The van der Waals surface area contributed by atoms with Crippen molar-refractivity contribution in [2.75, 3.05) is 63.4 Å². The van der Waals surface area contributed by atoms with Gasteiger partial charge in [-0.1, -0.05) is 12.1 Å². The Morgan fingerprint density at radius 3 is 2.30 bits per heavy atom. The lowest BCUT2D eigenvalue weighted by atomic mass is 9.93. The number of pyridine rings is 1. The number of alkyl halides is 3. The van der Waals surface area contributed by atoms with Crippen molar-refractivity contribution in [1.29, 1.82) is 0 Å². The molecular formula is C37H34F3N7O3. The van der Waals surface area contributed by atoms with Gasteiger partial charge in [-0.15, -0.1) is 0 Å². The number of rotatable bonds is 9. The summed E-state index contributed by atoms with van der Waals surface area (Å²) < 4.78 is 42.1. The Kier molecular flexibility index (Phi) is 7.83. The minimum atomic E-state index is -4.56. The van der Waals surface area contributed by atoms with Crippen LogP contribution in [0.25, 0.3) is 38.1 Å². The number of anilines is 2. The fourth-order valence-corrected chi connectivity index (χ4v) is 7.50. The van der Waals surface area contributed by atoms with Crippen molar-refractivity contribution in [2.45, 2.75) is 19.0 Å². The highest BCUT2D eigenvalue weighted by Crippen LogP contribution is 2.34. The summed E-state index contributed by atoms with van der Waals surface area (Å²) in [5.74, 6) is -0.569. The number of aromatic nitrogens is 2. The summed E-state index contributed by atoms with van der Waals surface area (Å²) in [5.41, 5.74) is 8.37. The van der Waals surface area contributed by atoms with Gasteiger partial charge in [0.25, 0.3) is 11.8 Å². The molecule has 4 heterocycles. The Morgan fingerprint density at radius 2 is 1.54 bits per heavy atom. The van der Waals surface area contributed by atoms with Crippen LogP contribution in [-0.2, 0) is 6.18 Å². The maximum absolute atomic E-state index is 13.6. The van der Waals surface area contributed by atoms with Gasteiger partial charge in [-0.05, 0) is 79.8 Å². The first-order valence-electron chi connectivity index (χ1n) is 16.7. The van der Waals surface area contributed by atoms with E-state index in [0.717, 1.165) is 63.2 Å². The molecule has 2 aliphatic rings. The highest BCUT2D eigenvalue weighted by molar-refractivity contribution is 6.26. The molecule has 0 aliphatic carbocycles. The van der Waals surface area contributed by atoms with Crippen molar-refractivity contribution in [3.8, 4) is 0 Å². The SMILES string of the molecule is Nc1cc2c3c(cccc3c1)C(=O)N(CCCN1CCN(CCCNc3ccc4ncn5c6ccc(C(F)(F)F)cc6c(=O)c3c45)CC1)C2=O. The molecule has 2 aliphatic heterocycles. The van der Waals surface area contributed by atoms with Crippen molar-refractivity contribution in [2.24, 2.45) is 0 Å². The number of amides is 2. The number of carbonyl (C=O) groups is 2. The number of carbonyl (C=O) groups excluding carboxylic acids is 2. The summed E-state index contributed by atoms with van der Waals surface area (Å²) in [5, 5.41) is 5.15. The second-order valence-electron chi connectivity index (χ2n) is 13.1. The molecule has 50 heavy (non-hydrogen) atoms. The molecule has 0 bridgehead atoms. The number of nitrogen functional groups attached to an aromatic ring is 1. The minimum Gasteiger partial charge on any atom is -0.399 e. The van der Waals surface area contributed by atoms with Crippen molar-refractivity contribution in [3.05, 3.63) is 93.9 Å². The molecule has 2 amide bonds. The number of imidazole rings is 1. The fraction of sp³-hybridized carbons (Fsp3) is 0.297. The Labute approximate surface area is 284 Å². The molecule has 13 heteroatoms. The number of imide groups is 1. The zero-order valence-electron chi connectivity index (χ0n) is 27.1. The summed E-state index contributed by atoms with van der Waals surface area (Å²) in [6.45, 7) is 6.01. The van der Waals surface area contributed by atoms with Gasteiger partial charge in [0.2, 0.25) is 0 Å². The lowest BCUT2D eigenvalue weighted by Gasteiger charge is -2.35. The van der Waals surface area contributed by atoms with Crippen LogP contribution < -0.4 is 16.5 Å². The van der Waals surface area contributed by atoms with E-state index in [1.54, 1.807) is 35.0 Å². The van der Waals surface area contributed by atoms with Crippen LogP contribution in [-0.4, -0.2) is 88.3 Å². The number of benzene rings is 4. The van der Waals surface area contributed by atoms with Crippen LogP contribution in [0, 0.1) is 0 Å². The second kappa shape index (κ2) is 12.3. The number of piperazine rings is 1. The predicted molar refractivity (Wildman–Crippen MR) is 187 cm³/mol. The predicted octanol–water partition coefficient (Wildman–Crippen LogP) is 5.30. The fourth-order valence-electron chi connectivity index (χ4n) is 7.50. The van der Waals surface area contributed by atoms with Gasteiger partial charge in [-0.3, -0.25) is 23.7 Å². The summed E-state index contributed by atoms with van der Waals surface area (Å²) in [6, 6.07) is 15.7. The molecule has 0 saturated carbocycles. The van der Waals surface area contributed by atoms with Gasteiger partial charge >= 0.3 is 6.18 Å². The lowest BCUT2D eigenvalue weighted by Crippen LogP contribution is -2.48. The quantitative estimate of drug-likeness (QED) is 0.0915. The number of nitrogens with two attached hydrogens (primary N) is 1. The molecular weight excluding hydrogens is 647 g/mol. The van der Waals surface area contributed by atoms with E-state index in [-0.39, 0.29) is 17.2 Å². The number of hydrogen-bond donors (Lipinski definition) is 2. The summed E-state index contributed by atoms with van der Waals surface area (Å²) in [7, 11) is 0. The van der Waals surface area contributed by atoms with E-state index >= 15 is 0 Å². The topological polar surface area (TPSA) is 116 Å². The van der Waals surface area contributed by atoms with E-state index in [0.29, 0.717) is 69.3 Å². The van der Waals surface area contributed by atoms with Crippen molar-refractivity contribution in [1.82, 2.24) is 24.1 Å². The molecule has 6 aromatic rings. The molecule has 0 radical (unpaired) electrons. The van der Waals surface area contributed by atoms with Crippen LogP contribution in [0.4, 0.5) is 24.5 Å². The standard InChI is InChI=1S/C37H34F3N7O3/c38-37(39,40)23-6-9-30-26(19-23)34(48)32-28(7-8-29-33(32)47(30)21-43-29)42-10-2-11-44-14-16-45(17-15-44)12-3-13-46-35(49)25-5-1-4-22-18-24(41)20-27(31(22)25)36(46)50/h1,4-9,18-21,42H,2-3,10-17,41H2. The van der Waals surface area contributed by atoms with Gasteiger partial charge in [0.15, 0.2) is 5.43 Å².